The van der Waals surface area contributed by atoms with E-state index < -0.39 is 0 Å². The average Bonchev–Trinajstić information content (AvgIpc) is 2.93. The smallest absolute Gasteiger partial charge is 0.170 e. The Morgan fingerprint density at radius 2 is 1.95 bits per heavy atom. The lowest BCUT2D eigenvalue weighted by molar-refractivity contribution is 0.634. The van der Waals surface area contributed by atoms with Gasteiger partial charge < -0.3 is 5.73 Å². The monoisotopic (exact) mass is 307 g/mol. The minimum atomic E-state index is 0.122. The highest BCUT2D eigenvalue weighted by Crippen LogP contribution is 2.38. The lowest BCUT2D eigenvalue weighted by Gasteiger charge is -2.21. The quantitative estimate of drug-likeness (QED) is 0.820. The third-order valence-corrected chi connectivity index (χ3v) is 5.49. The van der Waals surface area contributed by atoms with Gasteiger partial charge in [0.1, 0.15) is 5.82 Å². The fraction of sp³-hybridized carbons (Fsp3) is 0.467. The molecule has 0 radical (unpaired) electrons. The normalized spacial score (nSPS) is 14.2. The van der Waals surface area contributed by atoms with E-state index in [2.05, 4.69) is 54.4 Å². The van der Waals surface area contributed by atoms with E-state index >= 15 is 0 Å². The Bertz CT molecular complexity index is 536. The van der Waals surface area contributed by atoms with E-state index in [1.807, 2.05) is 0 Å². The molecule has 5 heteroatoms. The summed E-state index contributed by atoms with van der Waals surface area (Å²) in [5.74, 6) is 0.922. The second-order valence-electron chi connectivity index (χ2n) is 4.85. The van der Waals surface area contributed by atoms with Crippen LogP contribution >= 0.6 is 23.3 Å². The van der Waals surface area contributed by atoms with E-state index in [9.17, 15) is 0 Å². The largest absolute Gasteiger partial charge is 0.326 e. The molecule has 0 spiro atoms. The maximum absolute atomic E-state index is 6.31. The molecule has 3 nitrogen and oxygen atoms in total. The van der Waals surface area contributed by atoms with Crippen LogP contribution in [0.2, 0.25) is 0 Å². The minimum Gasteiger partial charge on any atom is -0.326 e. The Kier molecular flexibility index (Phi) is 5.57. The van der Waals surface area contributed by atoms with Crippen molar-refractivity contribution < 1.29 is 0 Å². The predicted octanol–water partition coefficient (Wildman–Crippen LogP) is 3.98. The molecule has 2 rings (SSSR count). The zero-order chi connectivity index (χ0) is 14.5. The Morgan fingerprint density at radius 1 is 1.25 bits per heavy atom. The Balaban J connectivity index is 2.21. The minimum absolute atomic E-state index is 0.122. The van der Waals surface area contributed by atoms with Crippen LogP contribution in [0.5, 0.6) is 0 Å². The second kappa shape index (κ2) is 7.20. The molecule has 0 amide bonds. The lowest BCUT2D eigenvalue weighted by Crippen LogP contribution is -2.25. The van der Waals surface area contributed by atoms with Crippen molar-refractivity contribution in [1.82, 2.24) is 9.36 Å². The summed E-state index contributed by atoms with van der Waals surface area (Å²) in [6, 6.07) is 8.75. The summed E-state index contributed by atoms with van der Waals surface area (Å²) in [5, 5.41) is 0.234. The first-order valence-corrected chi connectivity index (χ1v) is 8.60. The van der Waals surface area contributed by atoms with E-state index in [-0.39, 0.29) is 11.3 Å². The van der Waals surface area contributed by atoms with Crippen LogP contribution < -0.4 is 5.73 Å². The molecule has 20 heavy (non-hydrogen) atoms. The third-order valence-electron chi connectivity index (χ3n) is 3.26. The van der Waals surface area contributed by atoms with E-state index in [0.717, 1.165) is 23.0 Å². The maximum atomic E-state index is 6.31. The number of benzene rings is 1. The zero-order valence-corrected chi connectivity index (χ0v) is 13.8. The SMILES string of the molecule is CCc1nsc(SC(c2ccc(C)cc2)C(N)CC)n1. The van der Waals surface area contributed by atoms with Gasteiger partial charge in [0.25, 0.3) is 0 Å². The van der Waals surface area contributed by atoms with Crippen molar-refractivity contribution in [2.24, 2.45) is 5.73 Å². The number of thioether (sulfide) groups is 1. The first kappa shape index (κ1) is 15.5. The van der Waals surface area contributed by atoms with Crippen molar-refractivity contribution in [1.29, 1.82) is 0 Å². The standard InChI is InChI=1S/C15H21N3S2/c1-4-12(16)14(11-8-6-10(3)7-9-11)19-15-17-13(5-2)18-20-15/h6-9,12,14H,4-5,16H2,1-3H3. The molecular formula is C15H21N3S2. The molecule has 1 aromatic heterocycles. The molecule has 2 aromatic rings. The van der Waals surface area contributed by atoms with Crippen molar-refractivity contribution in [3.05, 3.63) is 41.2 Å². The molecule has 0 saturated heterocycles. The fourth-order valence-corrected chi connectivity index (χ4v) is 4.04. The molecule has 2 atom stereocenters. The first-order chi connectivity index (χ1) is 9.63. The van der Waals surface area contributed by atoms with E-state index in [0.29, 0.717) is 0 Å². The number of hydrogen-bond donors (Lipinski definition) is 1. The summed E-state index contributed by atoms with van der Waals surface area (Å²) < 4.78 is 5.36. The van der Waals surface area contributed by atoms with Crippen LogP contribution in [0, 0.1) is 6.92 Å². The third kappa shape index (κ3) is 3.81. The van der Waals surface area contributed by atoms with Gasteiger partial charge in [0.2, 0.25) is 0 Å². The molecule has 0 aliphatic heterocycles. The molecule has 1 aromatic carbocycles. The topological polar surface area (TPSA) is 51.8 Å². The lowest BCUT2D eigenvalue weighted by atomic mass is 10.0. The number of hydrogen-bond acceptors (Lipinski definition) is 5. The molecule has 0 fully saturated rings. The van der Waals surface area contributed by atoms with E-state index in [1.165, 1.54) is 22.7 Å². The molecule has 0 aliphatic carbocycles. The van der Waals surface area contributed by atoms with Crippen LogP contribution in [0.4, 0.5) is 0 Å². The fourth-order valence-electron chi connectivity index (χ4n) is 1.91. The summed E-state index contributed by atoms with van der Waals surface area (Å²) >= 11 is 3.21. The summed E-state index contributed by atoms with van der Waals surface area (Å²) in [6.07, 6.45) is 1.83. The molecule has 0 bridgehead atoms. The van der Waals surface area contributed by atoms with Crippen molar-refractivity contribution in [2.75, 3.05) is 0 Å². The van der Waals surface area contributed by atoms with E-state index in [4.69, 9.17) is 5.73 Å². The number of aryl methyl sites for hydroxylation is 2. The van der Waals surface area contributed by atoms with Crippen molar-refractivity contribution in [3.8, 4) is 0 Å². The van der Waals surface area contributed by atoms with Gasteiger partial charge in [-0.15, -0.1) is 0 Å². The van der Waals surface area contributed by atoms with Crippen molar-refractivity contribution >= 4 is 23.3 Å². The van der Waals surface area contributed by atoms with Crippen LogP contribution in [0.15, 0.2) is 28.6 Å². The summed E-state index contributed by atoms with van der Waals surface area (Å²) in [5.41, 5.74) is 8.85. The van der Waals surface area contributed by atoms with Gasteiger partial charge in [0.05, 0.1) is 5.25 Å². The predicted molar refractivity (Wildman–Crippen MR) is 87.3 cm³/mol. The Morgan fingerprint density at radius 3 is 2.50 bits per heavy atom. The molecule has 0 aliphatic rings. The molecule has 2 unspecified atom stereocenters. The van der Waals surface area contributed by atoms with Crippen LogP contribution in [-0.2, 0) is 6.42 Å². The Labute approximate surface area is 129 Å². The van der Waals surface area contributed by atoms with Gasteiger partial charge in [-0.2, -0.15) is 4.37 Å². The van der Waals surface area contributed by atoms with E-state index in [1.54, 1.807) is 11.8 Å². The summed E-state index contributed by atoms with van der Waals surface area (Å²) in [7, 11) is 0. The van der Waals surface area contributed by atoms with Gasteiger partial charge in [0, 0.05) is 12.5 Å². The zero-order valence-electron chi connectivity index (χ0n) is 12.2. The second-order valence-corrected chi connectivity index (χ2v) is 6.99. The maximum Gasteiger partial charge on any atom is 0.170 e. The first-order valence-electron chi connectivity index (χ1n) is 6.95. The van der Waals surface area contributed by atoms with Gasteiger partial charge in [0.15, 0.2) is 4.34 Å². The number of aromatic nitrogens is 2. The van der Waals surface area contributed by atoms with Crippen LogP contribution in [0.1, 0.15) is 42.5 Å². The highest BCUT2D eigenvalue weighted by Gasteiger charge is 2.21. The summed E-state index contributed by atoms with van der Waals surface area (Å²) in [4.78, 5) is 4.54. The molecule has 0 saturated carbocycles. The van der Waals surface area contributed by atoms with Gasteiger partial charge in [-0.3, -0.25) is 0 Å². The summed E-state index contributed by atoms with van der Waals surface area (Å²) in [6.45, 7) is 6.31. The van der Waals surface area contributed by atoms with Crippen molar-refractivity contribution in [2.45, 2.75) is 49.2 Å². The highest BCUT2D eigenvalue weighted by molar-refractivity contribution is 8.01. The van der Waals surface area contributed by atoms with Gasteiger partial charge in [-0.25, -0.2) is 4.98 Å². The number of nitrogens with two attached hydrogens (primary N) is 1. The molecular weight excluding hydrogens is 286 g/mol. The van der Waals surface area contributed by atoms with Gasteiger partial charge in [-0.05, 0) is 30.4 Å². The van der Waals surface area contributed by atoms with Crippen LogP contribution in [0.3, 0.4) is 0 Å². The highest BCUT2D eigenvalue weighted by atomic mass is 32.2. The molecule has 108 valence electrons. The van der Waals surface area contributed by atoms with Gasteiger partial charge >= 0.3 is 0 Å². The number of nitrogens with zero attached hydrogens (tertiary/aromatic N) is 2. The van der Waals surface area contributed by atoms with Gasteiger partial charge in [-0.1, -0.05) is 55.4 Å². The average molecular weight is 307 g/mol. The molecule has 1 heterocycles. The number of rotatable bonds is 6. The Hall–Kier alpha value is -0.910. The van der Waals surface area contributed by atoms with Crippen LogP contribution in [0.25, 0.3) is 0 Å². The van der Waals surface area contributed by atoms with Crippen molar-refractivity contribution in [3.63, 3.8) is 0 Å². The molecule has 2 N–H and O–H groups in total. The van der Waals surface area contributed by atoms with Crippen LogP contribution in [-0.4, -0.2) is 15.4 Å².